The molecule has 9 rings (SSSR count). The molecule has 9 aromatic rings. The van der Waals surface area contributed by atoms with E-state index >= 15 is 0 Å². The van der Waals surface area contributed by atoms with Crippen LogP contribution in [0.15, 0.2) is 164 Å². The second-order valence-corrected chi connectivity index (χ2v) is 13.2. The first-order valence-electron chi connectivity index (χ1n) is 16.2. The highest BCUT2D eigenvalue weighted by Crippen LogP contribution is 2.38. The van der Waals surface area contributed by atoms with Crippen molar-refractivity contribution >= 4 is 43.2 Å². The van der Waals surface area contributed by atoms with Crippen molar-refractivity contribution in [2.45, 2.75) is 0 Å². The number of fused-ring (bicyclic) bond motifs is 4. The van der Waals surface area contributed by atoms with Gasteiger partial charge in [-0.2, -0.15) is 5.26 Å². The molecule has 0 bridgehead atoms. The Morgan fingerprint density at radius 1 is 0.408 bits per heavy atom. The number of aromatic nitrogens is 2. The third kappa shape index (κ3) is 5.33. The van der Waals surface area contributed by atoms with Gasteiger partial charge >= 0.3 is 0 Å². The molecule has 2 aromatic heterocycles. The van der Waals surface area contributed by atoms with E-state index in [1.807, 2.05) is 36.4 Å². The van der Waals surface area contributed by atoms with E-state index in [2.05, 4.69) is 133 Å². The fourth-order valence-corrected chi connectivity index (χ4v) is 7.57. The lowest BCUT2D eigenvalue weighted by Gasteiger charge is -2.12. The van der Waals surface area contributed by atoms with Gasteiger partial charge in [0.2, 0.25) is 0 Å². The summed E-state index contributed by atoms with van der Waals surface area (Å²) >= 11 is 1.72. The molecule has 0 spiro atoms. The van der Waals surface area contributed by atoms with E-state index in [4.69, 9.17) is 9.97 Å². The summed E-state index contributed by atoms with van der Waals surface area (Å²) in [7, 11) is 0. The molecule has 0 aliphatic heterocycles. The number of benzene rings is 7. The monoisotopic (exact) mass is 641 g/mol. The van der Waals surface area contributed by atoms with Crippen molar-refractivity contribution in [1.29, 1.82) is 5.26 Å². The standard InChI is InChI=1S/C45H27N3S/c46-28-29-13-15-30(16-14-29)31-17-19-32(20-18-31)35-25-36(27-37(26-35)45-48-42-11-5-6-12-43(42)49-45)33-21-23-34(24-22-33)44-40-9-2-1-7-38(40)39-8-3-4-10-41(39)47-44/h1-27H. The van der Waals surface area contributed by atoms with Gasteiger partial charge in [0.25, 0.3) is 0 Å². The highest BCUT2D eigenvalue weighted by molar-refractivity contribution is 7.21. The Kier molecular flexibility index (Phi) is 7.04. The summed E-state index contributed by atoms with van der Waals surface area (Å²) in [6.45, 7) is 0. The van der Waals surface area contributed by atoms with Crippen LogP contribution in [0.2, 0.25) is 0 Å². The van der Waals surface area contributed by atoms with Crippen LogP contribution in [0.4, 0.5) is 0 Å². The molecule has 49 heavy (non-hydrogen) atoms. The number of hydrogen-bond acceptors (Lipinski definition) is 4. The molecule has 0 saturated heterocycles. The molecule has 0 aliphatic rings. The van der Waals surface area contributed by atoms with Crippen LogP contribution in [0.25, 0.3) is 87.1 Å². The zero-order chi connectivity index (χ0) is 32.7. The molecule has 2 heterocycles. The summed E-state index contributed by atoms with van der Waals surface area (Å²) in [5.41, 5.74) is 12.6. The lowest BCUT2D eigenvalue weighted by Crippen LogP contribution is -1.90. The molecule has 0 unspecified atom stereocenters. The summed E-state index contributed by atoms with van der Waals surface area (Å²) < 4.78 is 1.18. The highest BCUT2D eigenvalue weighted by Gasteiger charge is 2.14. The molecule has 0 aliphatic carbocycles. The van der Waals surface area contributed by atoms with Gasteiger partial charge in [0.05, 0.1) is 33.1 Å². The number of nitrogens with zero attached hydrogens (tertiary/aromatic N) is 3. The lowest BCUT2D eigenvalue weighted by molar-refractivity contribution is 1.43. The minimum Gasteiger partial charge on any atom is -0.247 e. The van der Waals surface area contributed by atoms with Crippen LogP contribution in [0.1, 0.15) is 5.56 Å². The fourth-order valence-electron chi connectivity index (χ4n) is 6.62. The summed E-state index contributed by atoms with van der Waals surface area (Å²) in [6, 6.07) is 59.3. The first-order chi connectivity index (χ1) is 24.2. The third-order valence-electron chi connectivity index (χ3n) is 9.14. The van der Waals surface area contributed by atoms with Gasteiger partial charge in [-0.25, -0.2) is 9.97 Å². The average molecular weight is 642 g/mol. The van der Waals surface area contributed by atoms with Crippen molar-refractivity contribution in [1.82, 2.24) is 9.97 Å². The molecule has 0 amide bonds. The van der Waals surface area contributed by atoms with Gasteiger partial charge in [0, 0.05) is 21.9 Å². The van der Waals surface area contributed by atoms with E-state index in [0.29, 0.717) is 5.56 Å². The molecule has 0 N–H and O–H groups in total. The lowest BCUT2D eigenvalue weighted by atomic mass is 9.94. The van der Waals surface area contributed by atoms with Gasteiger partial charge < -0.3 is 0 Å². The smallest absolute Gasteiger partial charge is 0.124 e. The Labute approximate surface area is 288 Å². The van der Waals surface area contributed by atoms with Crippen LogP contribution in [0.3, 0.4) is 0 Å². The van der Waals surface area contributed by atoms with Crippen molar-refractivity contribution < 1.29 is 0 Å². The largest absolute Gasteiger partial charge is 0.247 e. The van der Waals surface area contributed by atoms with E-state index in [9.17, 15) is 5.26 Å². The van der Waals surface area contributed by atoms with Crippen LogP contribution < -0.4 is 0 Å². The van der Waals surface area contributed by atoms with E-state index in [0.717, 1.165) is 71.6 Å². The molecular formula is C45H27N3S. The summed E-state index contributed by atoms with van der Waals surface area (Å²) in [5.74, 6) is 0. The predicted octanol–water partition coefficient (Wildman–Crippen LogP) is 12.2. The summed E-state index contributed by atoms with van der Waals surface area (Å²) in [6.07, 6.45) is 0. The fraction of sp³-hybridized carbons (Fsp3) is 0. The Balaban J connectivity index is 1.14. The summed E-state index contributed by atoms with van der Waals surface area (Å²) in [5, 5.41) is 13.7. The molecule has 0 atom stereocenters. The topological polar surface area (TPSA) is 49.6 Å². The molecular weight excluding hydrogens is 615 g/mol. The van der Waals surface area contributed by atoms with Crippen molar-refractivity contribution in [2.24, 2.45) is 0 Å². The van der Waals surface area contributed by atoms with Gasteiger partial charge in [0.1, 0.15) is 5.01 Å². The maximum atomic E-state index is 9.19. The molecule has 0 saturated carbocycles. The predicted molar refractivity (Wildman–Crippen MR) is 204 cm³/mol. The molecule has 228 valence electrons. The number of nitriles is 1. The molecule has 0 fully saturated rings. The number of thiazole rings is 1. The van der Waals surface area contributed by atoms with Gasteiger partial charge in [-0.15, -0.1) is 11.3 Å². The minimum atomic E-state index is 0.662. The van der Waals surface area contributed by atoms with Crippen LogP contribution >= 0.6 is 11.3 Å². The number of rotatable bonds is 5. The molecule has 4 heteroatoms. The Morgan fingerprint density at radius 3 is 1.53 bits per heavy atom. The quantitative estimate of drug-likeness (QED) is 0.176. The van der Waals surface area contributed by atoms with Crippen molar-refractivity contribution in [3.8, 4) is 61.3 Å². The van der Waals surface area contributed by atoms with E-state index in [-0.39, 0.29) is 0 Å². The summed E-state index contributed by atoms with van der Waals surface area (Å²) in [4.78, 5) is 10.1. The molecule has 0 radical (unpaired) electrons. The van der Waals surface area contributed by atoms with Crippen molar-refractivity contribution in [3.05, 3.63) is 169 Å². The van der Waals surface area contributed by atoms with Crippen molar-refractivity contribution in [3.63, 3.8) is 0 Å². The van der Waals surface area contributed by atoms with Gasteiger partial charge in [-0.05, 0) is 87.3 Å². The van der Waals surface area contributed by atoms with E-state index in [1.54, 1.807) is 11.3 Å². The zero-order valence-electron chi connectivity index (χ0n) is 26.3. The number of pyridine rings is 1. The van der Waals surface area contributed by atoms with Crippen LogP contribution in [-0.2, 0) is 0 Å². The molecule has 3 nitrogen and oxygen atoms in total. The normalized spacial score (nSPS) is 11.2. The maximum absolute atomic E-state index is 9.19. The SMILES string of the molecule is N#Cc1ccc(-c2ccc(-c3cc(-c4ccc(-c5nc6ccccc6c6ccccc56)cc4)cc(-c4nc5ccccc5s4)c3)cc2)cc1. The highest BCUT2D eigenvalue weighted by atomic mass is 32.1. The Morgan fingerprint density at radius 2 is 0.898 bits per heavy atom. The first-order valence-corrected chi connectivity index (χ1v) is 17.0. The van der Waals surface area contributed by atoms with Gasteiger partial charge in [-0.1, -0.05) is 115 Å². The number of para-hydroxylation sites is 2. The van der Waals surface area contributed by atoms with Gasteiger partial charge in [-0.3, -0.25) is 0 Å². The van der Waals surface area contributed by atoms with Gasteiger partial charge in [0.15, 0.2) is 0 Å². The minimum absolute atomic E-state index is 0.662. The third-order valence-corrected chi connectivity index (χ3v) is 10.2. The number of hydrogen-bond donors (Lipinski definition) is 0. The van der Waals surface area contributed by atoms with Crippen LogP contribution in [0.5, 0.6) is 0 Å². The van der Waals surface area contributed by atoms with Crippen LogP contribution in [-0.4, -0.2) is 9.97 Å². The maximum Gasteiger partial charge on any atom is 0.124 e. The van der Waals surface area contributed by atoms with Crippen molar-refractivity contribution in [2.75, 3.05) is 0 Å². The Bertz CT molecular complexity index is 2670. The molecule has 7 aromatic carbocycles. The second kappa shape index (κ2) is 12.0. The van der Waals surface area contributed by atoms with Crippen LogP contribution in [0, 0.1) is 11.3 Å². The zero-order valence-corrected chi connectivity index (χ0v) is 27.2. The van der Waals surface area contributed by atoms with E-state index < -0.39 is 0 Å². The van der Waals surface area contributed by atoms with E-state index in [1.165, 1.54) is 15.5 Å². The first kappa shape index (κ1) is 28.8. The second-order valence-electron chi connectivity index (χ2n) is 12.2. The average Bonchev–Trinajstić information content (AvgIpc) is 3.62. The Hall–Kier alpha value is -6.41.